The molecule has 0 aliphatic carbocycles. The van der Waals surface area contributed by atoms with Crippen LogP contribution < -0.4 is 19.5 Å². The summed E-state index contributed by atoms with van der Waals surface area (Å²) in [5.74, 6) is 0.126. The number of hydrogen-bond donors (Lipinski definition) is 1. The molecule has 0 fully saturated rings. The lowest BCUT2D eigenvalue weighted by Crippen LogP contribution is -2.23. The molecular weight excluding hydrogens is 410 g/mol. The molecule has 2 aromatic rings. The van der Waals surface area contributed by atoms with Crippen LogP contribution in [0.4, 0.5) is 5.69 Å². The van der Waals surface area contributed by atoms with Crippen LogP contribution in [-0.4, -0.2) is 38.3 Å². The summed E-state index contributed by atoms with van der Waals surface area (Å²) in [4.78, 5) is 25.1. The van der Waals surface area contributed by atoms with Crippen LogP contribution in [0.15, 0.2) is 36.4 Å². The lowest BCUT2D eigenvalue weighted by Gasteiger charge is -2.23. The molecular formula is C25H33NO6. The van der Waals surface area contributed by atoms with E-state index >= 15 is 0 Å². The zero-order valence-corrected chi connectivity index (χ0v) is 19.7. The number of benzene rings is 2. The summed E-state index contributed by atoms with van der Waals surface area (Å²) >= 11 is 0. The summed E-state index contributed by atoms with van der Waals surface area (Å²) in [7, 11) is 0. The minimum Gasteiger partial charge on any atom is -0.490 e. The first-order valence-electron chi connectivity index (χ1n) is 10.8. The number of rotatable bonds is 10. The maximum atomic E-state index is 12.7. The van der Waals surface area contributed by atoms with Crippen LogP contribution in [0.2, 0.25) is 0 Å². The number of hydrogen-bond acceptors (Lipinski definition) is 6. The van der Waals surface area contributed by atoms with Gasteiger partial charge >= 0.3 is 5.97 Å². The van der Waals surface area contributed by atoms with Gasteiger partial charge in [0.25, 0.3) is 5.91 Å². The van der Waals surface area contributed by atoms with Gasteiger partial charge in [0.15, 0.2) is 18.1 Å². The zero-order chi connectivity index (χ0) is 23.7. The number of amides is 1. The molecule has 174 valence electrons. The number of anilines is 1. The summed E-state index contributed by atoms with van der Waals surface area (Å²) in [6, 6.07) is 10.6. The second-order valence-electron chi connectivity index (χ2n) is 8.02. The fourth-order valence-corrected chi connectivity index (χ4v) is 3.15. The summed E-state index contributed by atoms with van der Waals surface area (Å²) < 4.78 is 22.1. The van der Waals surface area contributed by atoms with E-state index in [1.807, 2.05) is 45.0 Å². The molecule has 7 heteroatoms. The predicted octanol–water partition coefficient (Wildman–Crippen LogP) is 4.98. The molecule has 0 aromatic heterocycles. The van der Waals surface area contributed by atoms with E-state index in [9.17, 15) is 9.59 Å². The van der Waals surface area contributed by atoms with E-state index in [4.69, 9.17) is 18.9 Å². The third kappa shape index (κ3) is 6.64. The van der Waals surface area contributed by atoms with Gasteiger partial charge in [-0.05, 0) is 49.9 Å². The Morgan fingerprint density at radius 2 is 1.44 bits per heavy atom. The Morgan fingerprint density at radius 1 is 0.875 bits per heavy atom. The maximum Gasteiger partial charge on any atom is 0.338 e. The van der Waals surface area contributed by atoms with Gasteiger partial charge in [-0.1, -0.05) is 39.0 Å². The molecule has 1 amide bonds. The van der Waals surface area contributed by atoms with Gasteiger partial charge in [-0.3, -0.25) is 4.79 Å². The molecule has 2 aromatic carbocycles. The highest BCUT2D eigenvalue weighted by Gasteiger charge is 2.21. The first kappa shape index (κ1) is 25.0. The Labute approximate surface area is 190 Å². The van der Waals surface area contributed by atoms with Crippen molar-refractivity contribution < 1.29 is 28.5 Å². The van der Waals surface area contributed by atoms with E-state index in [1.165, 1.54) is 12.1 Å². The van der Waals surface area contributed by atoms with Crippen molar-refractivity contribution in [2.24, 2.45) is 0 Å². The molecule has 0 radical (unpaired) electrons. The normalized spacial score (nSPS) is 10.9. The summed E-state index contributed by atoms with van der Waals surface area (Å²) in [5, 5.41) is 2.83. The molecule has 1 N–H and O–H groups in total. The molecule has 0 atom stereocenters. The van der Waals surface area contributed by atoms with Crippen LogP contribution in [0.5, 0.6) is 17.2 Å². The molecule has 2 rings (SSSR count). The number of carbonyl (C=O) groups is 2. The molecule has 0 saturated heterocycles. The van der Waals surface area contributed by atoms with Crippen molar-refractivity contribution in [1.29, 1.82) is 0 Å². The van der Waals surface area contributed by atoms with E-state index in [1.54, 1.807) is 0 Å². The van der Waals surface area contributed by atoms with Gasteiger partial charge in [-0.2, -0.15) is 0 Å². The molecule has 0 heterocycles. The van der Waals surface area contributed by atoms with Crippen LogP contribution >= 0.6 is 0 Å². The molecule has 7 nitrogen and oxygen atoms in total. The minimum absolute atomic E-state index is 0.145. The van der Waals surface area contributed by atoms with E-state index in [0.29, 0.717) is 42.8 Å². The molecule has 0 aliphatic heterocycles. The molecule has 0 saturated carbocycles. The van der Waals surface area contributed by atoms with Crippen LogP contribution in [-0.2, 0) is 14.9 Å². The number of ether oxygens (including phenoxy) is 4. The first-order chi connectivity index (χ1) is 15.2. The third-order valence-corrected chi connectivity index (χ3v) is 4.49. The fourth-order valence-electron chi connectivity index (χ4n) is 3.15. The van der Waals surface area contributed by atoms with E-state index in [0.717, 1.165) is 5.56 Å². The van der Waals surface area contributed by atoms with Crippen LogP contribution in [0.1, 0.15) is 57.5 Å². The lowest BCUT2D eigenvalue weighted by molar-refractivity contribution is -0.119. The van der Waals surface area contributed by atoms with Gasteiger partial charge in [-0.25, -0.2) is 4.79 Å². The summed E-state index contributed by atoms with van der Waals surface area (Å²) in [6.07, 6.45) is 0. The van der Waals surface area contributed by atoms with Crippen LogP contribution in [0.3, 0.4) is 0 Å². The van der Waals surface area contributed by atoms with Gasteiger partial charge in [0.2, 0.25) is 5.75 Å². The molecule has 0 bridgehead atoms. The number of para-hydroxylation sites is 1. The highest BCUT2D eigenvalue weighted by atomic mass is 16.5. The Kier molecular flexibility index (Phi) is 8.93. The Balaban J connectivity index is 2.15. The van der Waals surface area contributed by atoms with Crippen molar-refractivity contribution in [1.82, 2.24) is 0 Å². The monoisotopic (exact) mass is 443 g/mol. The average molecular weight is 444 g/mol. The largest absolute Gasteiger partial charge is 0.490 e. The van der Waals surface area contributed by atoms with Gasteiger partial charge in [0, 0.05) is 5.69 Å². The highest BCUT2D eigenvalue weighted by Crippen LogP contribution is 2.39. The Bertz CT molecular complexity index is 905. The highest BCUT2D eigenvalue weighted by molar-refractivity contribution is 5.96. The van der Waals surface area contributed by atoms with Crippen molar-refractivity contribution in [2.45, 2.75) is 47.0 Å². The number of carbonyl (C=O) groups excluding carboxylic acids is 2. The predicted molar refractivity (Wildman–Crippen MR) is 124 cm³/mol. The smallest absolute Gasteiger partial charge is 0.338 e. The molecule has 0 unspecified atom stereocenters. The zero-order valence-electron chi connectivity index (χ0n) is 19.7. The van der Waals surface area contributed by atoms with Crippen LogP contribution in [0, 0.1) is 0 Å². The van der Waals surface area contributed by atoms with E-state index in [2.05, 4.69) is 26.1 Å². The summed E-state index contributed by atoms with van der Waals surface area (Å²) in [5.41, 5.74) is 1.75. The topological polar surface area (TPSA) is 83.1 Å². The van der Waals surface area contributed by atoms with Gasteiger partial charge < -0.3 is 24.3 Å². The first-order valence-corrected chi connectivity index (χ1v) is 10.8. The van der Waals surface area contributed by atoms with Gasteiger partial charge in [0.05, 0.1) is 25.4 Å². The molecule has 0 aliphatic rings. The fraction of sp³-hybridized carbons (Fsp3) is 0.440. The van der Waals surface area contributed by atoms with E-state index < -0.39 is 18.5 Å². The quantitative estimate of drug-likeness (QED) is 0.522. The second kappa shape index (κ2) is 11.4. The van der Waals surface area contributed by atoms with E-state index in [-0.39, 0.29) is 11.0 Å². The van der Waals surface area contributed by atoms with Crippen molar-refractivity contribution >= 4 is 17.6 Å². The summed E-state index contributed by atoms with van der Waals surface area (Å²) in [6.45, 7) is 12.5. The third-order valence-electron chi connectivity index (χ3n) is 4.49. The standard InChI is InChI=1S/C25H33NO6/c1-7-29-20-14-17(15-21(30-8-2)23(20)31-9-3)24(28)32-16-22(27)26-19-13-11-10-12-18(19)25(4,5)6/h10-15H,7-9,16H2,1-6H3,(H,26,27). The van der Waals surface area contributed by atoms with Crippen molar-refractivity contribution in [3.05, 3.63) is 47.5 Å². The SMILES string of the molecule is CCOc1cc(C(=O)OCC(=O)Nc2ccccc2C(C)(C)C)cc(OCC)c1OCC. The second-order valence-corrected chi connectivity index (χ2v) is 8.02. The Morgan fingerprint density at radius 3 is 1.97 bits per heavy atom. The van der Waals surface area contributed by atoms with Gasteiger partial charge in [0.1, 0.15) is 0 Å². The van der Waals surface area contributed by atoms with Crippen molar-refractivity contribution in [3.8, 4) is 17.2 Å². The van der Waals surface area contributed by atoms with Crippen molar-refractivity contribution in [2.75, 3.05) is 31.7 Å². The van der Waals surface area contributed by atoms with Crippen molar-refractivity contribution in [3.63, 3.8) is 0 Å². The minimum atomic E-state index is -0.658. The molecule has 32 heavy (non-hydrogen) atoms. The molecule has 0 spiro atoms. The number of esters is 1. The number of nitrogens with one attached hydrogen (secondary N) is 1. The van der Waals surface area contributed by atoms with Gasteiger partial charge in [-0.15, -0.1) is 0 Å². The lowest BCUT2D eigenvalue weighted by atomic mass is 9.86. The average Bonchev–Trinajstić information content (AvgIpc) is 2.74. The Hall–Kier alpha value is -3.22. The maximum absolute atomic E-state index is 12.7. The van der Waals surface area contributed by atoms with Crippen LogP contribution in [0.25, 0.3) is 0 Å².